The minimum Gasteiger partial charge on any atom is -0.150 e. The van der Waals surface area contributed by atoms with Crippen LogP contribution in [-0.4, -0.2) is 10.2 Å². The van der Waals surface area contributed by atoms with Gasteiger partial charge in [-0.1, -0.05) is 42.5 Å². The summed E-state index contributed by atoms with van der Waals surface area (Å²) in [6, 6.07) is 20.8. The molecule has 2 heteroatoms. The molecule has 0 radical (unpaired) electrons. The molecule has 0 amide bonds. The molecule has 0 saturated heterocycles. The van der Waals surface area contributed by atoms with Crippen molar-refractivity contribution in [2.45, 2.75) is 0 Å². The van der Waals surface area contributed by atoms with E-state index in [0.717, 1.165) is 16.4 Å². The summed E-state index contributed by atoms with van der Waals surface area (Å²) < 4.78 is 0. The first-order valence-electron chi connectivity index (χ1n) is 5.96. The predicted octanol–water partition coefficient (Wildman–Crippen LogP) is 3.94. The van der Waals surface area contributed by atoms with Crippen LogP contribution in [0.2, 0.25) is 0 Å². The molecule has 0 N–H and O–H groups in total. The molecule has 0 fully saturated rings. The van der Waals surface area contributed by atoms with Crippen LogP contribution >= 0.6 is 0 Å². The largest absolute Gasteiger partial charge is 0.150 e. The first-order valence-corrected chi connectivity index (χ1v) is 5.96. The van der Waals surface area contributed by atoms with E-state index in [9.17, 15) is 0 Å². The molecule has 4 aromatic rings. The standard InChI is InChI=1S/C16H10N2/c1-2-6-12-10-16-14(9-11(12)5-1)13-7-3-4-8-15(13)17-18-16/h1-10H. The molecule has 4 rings (SSSR count). The van der Waals surface area contributed by atoms with Gasteiger partial charge in [-0.2, -0.15) is 0 Å². The fourth-order valence-corrected chi connectivity index (χ4v) is 2.42. The van der Waals surface area contributed by atoms with Gasteiger partial charge in [0.25, 0.3) is 0 Å². The Balaban J connectivity index is 2.27. The van der Waals surface area contributed by atoms with E-state index >= 15 is 0 Å². The van der Waals surface area contributed by atoms with E-state index in [-0.39, 0.29) is 0 Å². The molecule has 0 saturated carbocycles. The second-order valence-corrected chi connectivity index (χ2v) is 4.43. The highest BCUT2D eigenvalue weighted by Crippen LogP contribution is 2.26. The maximum atomic E-state index is 4.31. The number of benzene rings is 3. The first-order chi connectivity index (χ1) is 8.92. The molecule has 0 aliphatic heterocycles. The van der Waals surface area contributed by atoms with Gasteiger partial charge < -0.3 is 0 Å². The van der Waals surface area contributed by atoms with Crippen molar-refractivity contribution < 1.29 is 0 Å². The molecule has 0 unspecified atom stereocenters. The van der Waals surface area contributed by atoms with Crippen molar-refractivity contribution in [3.8, 4) is 0 Å². The molecule has 84 valence electrons. The van der Waals surface area contributed by atoms with Crippen LogP contribution in [0.25, 0.3) is 32.6 Å². The Morgan fingerprint density at radius 3 is 2.11 bits per heavy atom. The van der Waals surface area contributed by atoms with Crippen LogP contribution in [-0.2, 0) is 0 Å². The van der Waals surface area contributed by atoms with Crippen LogP contribution in [0.3, 0.4) is 0 Å². The van der Waals surface area contributed by atoms with Gasteiger partial charge in [-0.05, 0) is 29.0 Å². The summed E-state index contributed by atoms with van der Waals surface area (Å²) in [4.78, 5) is 0. The number of hydrogen-bond donors (Lipinski definition) is 0. The SMILES string of the molecule is c1ccc2cc3c(cc2c1)nnc1ccccc13. The van der Waals surface area contributed by atoms with E-state index in [0.29, 0.717) is 0 Å². The molecule has 1 heterocycles. The van der Waals surface area contributed by atoms with Crippen molar-refractivity contribution in [3.05, 3.63) is 60.7 Å². The van der Waals surface area contributed by atoms with Gasteiger partial charge >= 0.3 is 0 Å². The molecule has 2 nitrogen and oxygen atoms in total. The normalized spacial score (nSPS) is 11.3. The van der Waals surface area contributed by atoms with Crippen molar-refractivity contribution in [2.24, 2.45) is 0 Å². The van der Waals surface area contributed by atoms with Crippen LogP contribution < -0.4 is 0 Å². The maximum Gasteiger partial charge on any atom is 0.0942 e. The van der Waals surface area contributed by atoms with Crippen molar-refractivity contribution in [3.63, 3.8) is 0 Å². The van der Waals surface area contributed by atoms with Crippen LogP contribution in [0.5, 0.6) is 0 Å². The third kappa shape index (κ3) is 1.29. The Hall–Kier alpha value is -2.48. The fourth-order valence-electron chi connectivity index (χ4n) is 2.42. The summed E-state index contributed by atoms with van der Waals surface area (Å²) in [5.41, 5.74) is 1.90. The van der Waals surface area contributed by atoms with Gasteiger partial charge in [-0.3, -0.25) is 0 Å². The number of aromatic nitrogens is 2. The summed E-state index contributed by atoms with van der Waals surface area (Å²) >= 11 is 0. The van der Waals surface area contributed by atoms with E-state index in [1.807, 2.05) is 24.3 Å². The summed E-state index contributed by atoms with van der Waals surface area (Å²) in [6.07, 6.45) is 0. The van der Waals surface area contributed by atoms with Crippen molar-refractivity contribution in [2.75, 3.05) is 0 Å². The molecule has 3 aromatic carbocycles. The average molecular weight is 230 g/mol. The van der Waals surface area contributed by atoms with E-state index in [1.54, 1.807) is 0 Å². The second-order valence-electron chi connectivity index (χ2n) is 4.43. The summed E-state index contributed by atoms with van der Waals surface area (Å²) in [5.74, 6) is 0. The van der Waals surface area contributed by atoms with Gasteiger partial charge in [-0.25, -0.2) is 0 Å². The van der Waals surface area contributed by atoms with Gasteiger partial charge in [0.15, 0.2) is 0 Å². The van der Waals surface area contributed by atoms with Gasteiger partial charge in [0.2, 0.25) is 0 Å². The first kappa shape index (κ1) is 9.54. The summed E-state index contributed by atoms with van der Waals surface area (Å²) in [5, 5.41) is 13.3. The Labute approximate surface area is 104 Å². The fraction of sp³-hybridized carbons (Fsp3) is 0. The highest BCUT2D eigenvalue weighted by atomic mass is 15.1. The molecular formula is C16H10N2. The van der Waals surface area contributed by atoms with Gasteiger partial charge in [0.1, 0.15) is 0 Å². The molecular weight excluding hydrogens is 220 g/mol. The highest BCUT2D eigenvalue weighted by molar-refractivity contribution is 6.08. The summed E-state index contributed by atoms with van der Waals surface area (Å²) in [6.45, 7) is 0. The van der Waals surface area contributed by atoms with Gasteiger partial charge in [0.05, 0.1) is 11.0 Å². The highest BCUT2D eigenvalue weighted by Gasteiger charge is 2.04. The van der Waals surface area contributed by atoms with Crippen molar-refractivity contribution in [1.82, 2.24) is 10.2 Å². The lowest BCUT2D eigenvalue weighted by atomic mass is 10.0. The summed E-state index contributed by atoms with van der Waals surface area (Å²) in [7, 11) is 0. The van der Waals surface area contributed by atoms with Crippen LogP contribution in [0.15, 0.2) is 60.7 Å². The minimum absolute atomic E-state index is 0.945. The topological polar surface area (TPSA) is 25.8 Å². The third-order valence-electron chi connectivity index (χ3n) is 3.32. The number of nitrogens with zero attached hydrogens (tertiary/aromatic N) is 2. The van der Waals surface area contributed by atoms with E-state index in [4.69, 9.17) is 0 Å². The predicted molar refractivity (Wildman–Crippen MR) is 74.6 cm³/mol. The minimum atomic E-state index is 0.945. The van der Waals surface area contributed by atoms with Crippen molar-refractivity contribution >= 4 is 32.6 Å². The Morgan fingerprint density at radius 1 is 0.556 bits per heavy atom. The Kier molecular flexibility index (Phi) is 1.86. The van der Waals surface area contributed by atoms with Gasteiger partial charge in [0, 0.05) is 10.8 Å². The molecule has 0 aliphatic rings. The number of fused-ring (bicyclic) bond motifs is 4. The quantitative estimate of drug-likeness (QED) is 0.338. The lowest BCUT2D eigenvalue weighted by Gasteiger charge is -2.04. The number of hydrogen-bond acceptors (Lipinski definition) is 2. The second kappa shape index (κ2) is 3.50. The van der Waals surface area contributed by atoms with E-state index < -0.39 is 0 Å². The van der Waals surface area contributed by atoms with E-state index in [1.165, 1.54) is 16.2 Å². The lowest BCUT2D eigenvalue weighted by molar-refractivity contribution is 1.12. The van der Waals surface area contributed by atoms with Crippen molar-refractivity contribution in [1.29, 1.82) is 0 Å². The third-order valence-corrected chi connectivity index (χ3v) is 3.32. The zero-order chi connectivity index (χ0) is 11.9. The zero-order valence-electron chi connectivity index (χ0n) is 9.67. The molecule has 0 spiro atoms. The monoisotopic (exact) mass is 230 g/mol. The molecule has 0 atom stereocenters. The van der Waals surface area contributed by atoms with Crippen LogP contribution in [0.4, 0.5) is 0 Å². The molecule has 18 heavy (non-hydrogen) atoms. The number of rotatable bonds is 0. The Bertz CT molecular complexity index is 875. The van der Waals surface area contributed by atoms with Crippen LogP contribution in [0.1, 0.15) is 0 Å². The molecule has 0 bridgehead atoms. The smallest absolute Gasteiger partial charge is 0.0942 e. The van der Waals surface area contributed by atoms with Crippen LogP contribution in [0, 0.1) is 0 Å². The lowest BCUT2D eigenvalue weighted by Crippen LogP contribution is -1.87. The van der Waals surface area contributed by atoms with Gasteiger partial charge in [-0.15, -0.1) is 10.2 Å². The Morgan fingerprint density at radius 2 is 1.22 bits per heavy atom. The maximum absolute atomic E-state index is 4.31. The average Bonchev–Trinajstić information content (AvgIpc) is 2.45. The molecule has 0 aliphatic carbocycles. The molecule has 1 aromatic heterocycles. The zero-order valence-corrected chi connectivity index (χ0v) is 9.67. The van der Waals surface area contributed by atoms with E-state index in [2.05, 4.69) is 46.6 Å².